The van der Waals surface area contributed by atoms with Crippen molar-refractivity contribution in [3.63, 3.8) is 0 Å². The van der Waals surface area contributed by atoms with Crippen LogP contribution in [-0.4, -0.2) is 16.2 Å². The summed E-state index contributed by atoms with van der Waals surface area (Å²) in [5.74, 6) is 0.886. The van der Waals surface area contributed by atoms with Gasteiger partial charge >= 0.3 is 5.69 Å². The van der Waals surface area contributed by atoms with Crippen LogP contribution in [0.15, 0.2) is 47.3 Å². The van der Waals surface area contributed by atoms with Crippen LogP contribution in [0, 0.1) is 0 Å². The molecule has 0 fully saturated rings. The minimum atomic E-state index is -0.202. The normalized spacial score (nSPS) is 13.3. The minimum absolute atomic E-state index is 0.0504. The van der Waals surface area contributed by atoms with Crippen LogP contribution in [0.5, 0.6) is 5.75 Å². The highest BCUT2D eigenvalue weighted by molar-refractivity contribution is 5.95. The van der Waals surface area contributed by atoms with Gasteiger partial charge in [-0.1, -0.05) is 30.3 Å². The van der Waals surface area contributed by atoms with E-state index in [1.54, 1.807) is 4.57 Å². The van der Waals surface area contributed by atoms with Crippen LogP contribution in [0.25, 0.3) is 22.2 Å². The quantitative estimate of drug-likeness (QED) is 0.727. The Morgan fingerprint density at radius 2 is 1.91 bits per heavy atom. The van der Waals surface area contributed by atoms with E-state index in [2.05, 4.69) is 4.98 Å². The number of rotatable bonds is 2. The van der Waals surface area contributed by atoms with Crippen molar-refractivity contribution in [2.75, 3.05) is 6.61 Å². The molecule has 1 aliphatic rings. The highest BCUT2D eigenvalue weighted by Gasteiger charge is 2.22. The molecule has 0 radical (unpaired) electrons. The SMILES string of the molecule is CC(C)n1c(=O)nc(-c2ccccc2)c2ccc3c(c21)CCO3. The first kappa shape index (κ1) is 14.0. The Bertz CT molecular complexity index is 943. The third-order valence-corrected chi connectivity index (χ3v) is 4.32. The Hall–Kier alpha value is -2.62. The number of fused-ring (bicyclic) bond motifs is 3. The summed E-state index contributed by atoms with van der Waals surface area (Å²) in [6.07, 6.45) is 0.830. The molecule has 0 bridgehead atoms. The average Bonchev–Trinajstić information content (AvgIpc) is 3.03. The first-order valence-electron chi connectivity index (χ1n) is 7.93. The summed E-state index contributed by atoms with van der Waals surface area (Å²) in [5, 5.41) is 1.01. The Kier molecular flexibility index (Phi) is 3.18. The second-order valence-corrected chi connectivity index (χ2v) is 6.11. The maximum Gasteiger partial charge on any atom is 0.348 e. The first-order valence-corrected chi connectivity index (χ1v) is 7.93. The number of nitrogens with zero attached hydrogens (tertiary/aromatic N) is 2. The molecule has 4 rings (SSSR count). The van der Waals surface area contributed by atoms with Gasteiger partial charge in [-0.05, 0) is 26.0 Å². The van der Waals surface area contributed by atoms with Crippen LogP contribution in [-0.2, 0) is 6.42 Å². The summed E-state index contributed by atoms with van der Waals surface area (Å²) in [5.41, 5.74) is 3.59. The van der Waals surface area contributed by atoms with Crippen molar-refractivity contribution in [2.24, 2.45) is 0 Å². The van der Waals surface area contributed by atoms with E-state index in [1.165, 1.54) is 0 Å². The number of aromatic nitrogens is 2. The molecule has 0 atom stereocenters. The molecule has 4 nitrogen and oxygen atoms in total. The first-order chi connectivity index (χ1) is 11.2. The lowest BCUT2D eigenvalue weighted by Gasteiger charge is -2.17. The molecule has 1 aromatic heterocycles. The largest absolute Gasteiger partial charge is 0.493 e. The van der Waals surface area contributed by atoms with Crippen LogP contribution >= 0.6 is 0 Å². The van der Waals surface area contributed by atoms with E-state index < -0.39 is 0 Å². The molecular formula is C19H18N2O2. The number of benzene rings is 2. The maximum atomic E-state index is 12.7. The molecule has 0 amide bonds. The van der Waals surface area contributed by atoms with Crippen molar-refractivity contribution in [3.05, 3.63) is 58.5 Å². The third kappa shape index (κ3) is 2.13. The Balaban J connectivity index is 2.16. The highest BCUT2D eigenvalue weighted by atomic mass is 16.5. The molecule has 0 spiro atoms. The second-order valence-electron chi connectivity index (χ2n) is 6.11. The van der Waals surface area contributed by atoms with Crippen molar-refractivity contribution in [1.82, 2.24) is 9.55 Å². The Morgan fingerprint density at radius 3 is 2.65 bits per heavy atom. The van der Waals surface area contributed by atoms with E-state index in [4.69, 9.17) is 4.74 Å². The summed E-state index contributed by atoms with van der Waals surface area (Å²) in [7, 11) is 0. The molecule has 2 aromatic carbocycles. The monoisotopic (exact) mass is 306 g/mol. The predicted octanol–water partition coefficient (Wildman–Crippen LogP) is 3.58. The van der Waals surface area contributed by atoms with Crippen molar-refractivity contribution >= 4 is 10.9 Å². The van der Waals surface area contributed by atoms with E-state index in [0.29, 0.717) is 6.61 Å². The molecule has 0 saturated heterocycles. The zero-order chi connectivity index (χ0) is 16.0. The fourth-order valence-corrected chi connectivity index (χ4v) is 3.32. The summed E-state index contributed by atoms with van der Waals surface area (Å²) in [6, 6.07) is 13.9. The van der Waals surface area contributed by atoms with E-state index in [-0.39, 0.29) is 11.7 Å². The molecule has 4 heteroatoms. The lowest BCUT2D eigenvalue weighted by molar-refractivity contribution is 0.357. The van der Waals surface area contributed by atoms with Gasteiger partial charge in [0.2, 0.25) is 0 Å². The van der Waals surface area contributed by atoms with E-state index in [0.717, 1.165) is 39.9 Å². The summed E-state index contributed by atoms with van der Waals surface area (Å²) < 4.78 is 7.48. The fraction of sp³-hybridized carbons (Fsp3) is 0.263. The van der Waals surface area contributed by atoms with Crippen LogP contribution in [0.1, 0.15) is 25.5 Å². The average molecular weight is 306 g/mol. The van der Waals surface area contributed by atoms with Gasteiger partial charge in [0.05, 0.1) is 17.8 Å². The minimum Gasteiger partial charge on any atom is -0.493 e. The Labute approximate surface area is 134 Å². The summed E-state index contributed by atoms with van der Waals surface area (Å²) in [6.45, 7) is 4.70. The summed E-state index contributed by atoms with van der Waals surface area (Å²) in [4.78, 5) is 17.1. The van der Waals surface area contributed by atoms with Crippen LogP contribution in [0.3, 0.4) is 0 Å². The van der Waals surface area contributed by atoms with Gasteiger partial charge in [-0.25, -0.2) is 4.79 Å². The number of ether oxygens (including phenoxy) is 1. The second kappa shape index (κ2) is 5.23. The molecule has 3 aromatic rings. The van der Waals surface area contributed by atoms with Crippen molar-refractivity contribution < 1.29 is 4.74 Å². The Morgan fingerprint density at radius 1 is 1.13 bits per heavy atom. The van der Waals surface area contributed by atoms with Gasteiger partial charge < -0.3 is 4.74 Å². The van der Waals surface area contributed by atoms with Gasteiger partial charge in [0.1, 0.15) is 5.75 Å². The zero-order valence-corrected chi connectivity index (χ0v) is 13.2. The smallest absolute Gasteiger partial charge is 0.348 e. The zero-order valence-electron chi connectivity index (χ0n) is 13.2. The van der Waals surface area contributed by atoms with Crippen molar-refractivity contribution in [3.8, 4) is 17.0 Å². The molecule has 23 heavy (non-hydrogen) atoms. The van der Waals surface area contributed by atoms with Gasteiger partial charge in [0.25, 0.3) is 0 Å². The molecule has 0 saturated carbocycles. The number of hydrogen-bond donors (Lipinski definition) is 0. The molecule has 0 unspecified atom stereocenters. The lowest BCUT2D eigenvalue weighted by atomic mass is 10.0. The molecule has 1 aliphatic heterocycles. The highest BCUT2D eigenvalue weighted by Crippen LogP contribution is 2.36. The summed E-state index contributed by atoms with van der Waals surface area (Å²) >= 11 is 0. The maximum absolute atomic E-state index is 12.7. The van der Waals surface area contributed by atoms with Gasteiger partial charge in [0.15, 0.2) is 0 Å². The fourth-order valence-electron chi connectivity index (χ4n) is 3.32. The van der Waals surface area contributed by atoms with E-state index >= 15 is 0 Å². The van der Waals surface area contributed by atoms with Crippen molar-refractivity contribution in [1.29, 1.82) is 0 Å². The van der Waals surface area contributed by atoms with Gasteiger partial charge in [-0.3, -0.25) is 4.57 Å². The van der Waals surface area contributed by atoms with Gasteiger partial charge in [0, 0.05) is 29.0 Å². The molecular weight excluding hydrogens is 288 g/mol. The van der Waals surface area contributed by atoms with Crippen molar-refractivity contribution in [2.45, 2.75) is 26.3 Å². The van der Waals surface area contributed by atoms with E-state index in [1.807, 2.05) is 56.3 Å². The third-order valence-electron chi connectivity index (χ3n) is 4.32. The van der Waals surface area contributed by atoms with Gasteiger partial charge in [-0.2, -0.15) is 4.98 Å². The van der Waals surface area contributed by atoms with Crippen LogP contribution < -0.4 is 10.4 Å². The van der Waals surface area contributed by atoms with Crippen LogP contribution in [0.4, 0.5) is 0 Å². The molecule has 2 heterocycles. The number of hydrogen-bond acceptors (Lipinski definition) is 3. The lowest BCUT2D eigenvalue weighted by Crippen LogP contribution is -2.26. The van der Waals surface area contributed by atoms with E-state index in [9.17, 15) is 4.79 Å². The molecule has 0 N–H and O–H groups in total. The topological polar surface area (TPSA) is 44.1 Å². The predicted molar refractivity (Wildman–Crippen MR) is 91.0 cm³/mol. The standard InChI is InChI=1S/C19H18N2O2/c1-12(2)21-18-14-10-11-23-16(14)9-8-15(18)17(20-19(21)22)13-6-4-3-5-7-13/h3-9,12H,10-11H2,1-2H3. The van der Waals surface area contributed by atoms with Crippen LogP contribution in [0.2, 0.25) is 0 Å². The molecule has 0 aliphatic carbocycles. The molecule has 116 valence electrons. The van der Waals surface area contributed by atoms with Gasteiger partial charge in [-0.15, -0.1) is 0 Å².